The molecule has 4 rings (SSSR count). The summed E-state index contributed by atoms with van der Waals surface area (Å²) in [5.74, 6) is -0.771. The largest absolute Gasteiger partial charge is 0.494 e. The second-order valence-corrected chi connectivity index (χ2v) is 8.52. The Hall–Kier alpha value is -3.42. The van der Waals surface area contributed by atoms with Crippen LogP contribution in [0.15, 0.2) is 53.5 Å². The van der Waals surface area contributed by atoms with Gasteiger partial charge in [-0.15, -0.1) is 0 Å². The molecule has 0 unspecified atom stereocenters. The fraction of sp³-hybridized carbons (Fsp3) is 0.269. The number of nitrogens with one attached hydrogen (secondary N) is 2. The molecule has 176 valence electrons. The zero-order chi connectivity index (χ0) is 24.2. The molecule has 0 radical (unpaired) electrons. The fourth-order valence-corrected chi connectivity index (χ4v) is 4.27. The van der Waals surface area contributed by atoms with Gasteiger partial charge in [-0.05, 0) is 55.9 Å². The first-order chi connectivity index (χ1) is 16.4. The summed E-state index contributed by atoms with van der Waals surface area (Å²) in [5, 5.41) is 14.1. The van der Waals surface area contributed by atoms with Crippen molar-refractivity contribution in [3.63, 3.8) is 0 Å². The number of rotatable bonds is 9. The summed E-state index contributed by atoms with van der Waals surface area (Å²) in [7, 11) is 0. The predicted octanol–water partition coefficient (Wildman–Crippen LogP) is 4.49. The Morgan fingerprint density at radius 2 is 1.82 bits per heavy atom. The number of aliphatic imine (C=N–C) groups is 1. The van der Waals surface area contributed by atoms with Gasteiger partial charge in [0.1, 0.15) is 0 Å². The molecule has 3 N–H and O–H groups in total. The Balaban J connectivity index is 1.55. The molecular weight excluding hydrogens is 452 g/mol. The molecule has 0 saturated heterocycles. The molecular formula is C26H27ClN4O3. The number of aromatic amines is 1. The SMILES string of the molecule is CCN(CC)CCCNC(=O)c1cccc(-c2[nH]c(O)c3c2C(=O)N=C3c2ccc(Cl)cc2)c1. The lowest BCUT2D eigenvalue weighted by Gasteiger charge is -2.17. The lowest BCUT2D eigenvalue weighted by Crippen LogP contribution is -2.29. The fourth-order valence-electron chi connectivity index (χ4n) is 4.14. The highest BCUT2D eigenvalue weighted by molar-refractivity contribution is 6.32. The maximum Gasteiger partial charge on any atom is 0.280 e. The molecule has 0 atom stereocenters. The molecule has 2 heterocycles. The average molecular weight is 479 g/mol. The topological polar surface area (TPSA) is 97.8 Å². The van der Waals surface area contributed by atoms with E-state index in [-0.39, 0.29) is 11.8 Å². The number of halogens is 1. The zero-order valence-corrected chi connectivity index (χ0v) is 19.9. The molecule has 0 bridgehead atoms. The molecule has 3 aromatic rings. The molecule has 7 nitrogen and oxygen atoms in total. The van der Waals surface area contributed by atoms with Crippen LogP contribution in [0, 0.1) is 0 Å². The molecule has 8 heteroatoms. The van der Waals surface area contributed by atoms with Gasteiger partial charge in [-0.25, -0.2) is 4.99 Å². The van der Waals surface area contributed by atoms with Crippen LogP contribution in [0.25, 0.3) is 11.3 Å². The summed E-state index contributed by atoms with van der Waals surface area (Å²) in [6.07, 6.45) is 0.866. The van der Waals surface area contributed by atoms with Gasteiger partial charge in [-0.3, -0.25) is 9.59 Å². The van der Waals surface area contributed by atoms with Crippen LogP contribution < -0.4 is 5.32 Å². The number of amides is 2. The molecule has 34 heavy (non-hydrogen) atoms. The number of nitrogens with zero attached hydrogens (tertiary/aromatic N) is 2. The van der Waals surface area contributed by atoms with Crippen molar-refractivity contribution in [3.05, 3.63) is 75.8 Å². The van der Waals surface area contributed by atoms with Gasteiger partial charge in [0, 0.05) is 22.7 Å². The summed E-state index contributed by atoms with van der Waals surface area (Å²) in [6, 6.07) is 13.9. The number of benzene rings is 2. The standard InChI is InChI=1S/C26H27ClN4O3/c1-3-31(4-2)14-6-13-28-24(32)18-8-5-7-17(15-18)23-21-20(25(33)30-23)22(29-26(21)34)16-9-11-19(27)12-10-16/h5,7-12,15,30,33H,3-4,6,13-14H2,1-2H3,(H,28,32). The maximum atomic E-state index is 12.8. The first-order valence-electron chi connectivity index (χ1n) is 11.4. The molecule has 0 saturated carbocycles. The van der Waals surface area contributed by atoms with Crippen molar-refractivity contribution < 1.29 is 14.7 Å². The number of aromatic hydroxyl groups is 1. The third kappa shape index (κ3) is 4.76. The minimum atomic E-state index is -0.447. The summed E-state index contributed by atoms with van der Waals surface area (Å²) in [5.41, 5.74) is 3.24. The van der Waals surface area contributed by atoms with Crippen LogP contribution >= 0.6 is 11.6 Å². The number of fused-ring (bicyclic) bond motifs is 1. The van der Waals surface area contributed by atoms with Crippen LogP contribution in [0.3, 0.4) is 0 Å². The van der Waals surface area contributed by atoms with E-state index in [2.05, 4.69) is 34.0 Å². The Labute approximate surface area is 203 Å². The predicted molar refractivity (Wildman–Crippen MR) is 134 cm³/mol. The molecule has 1 aromatic heterocycles. The number of hydrogen-bond donors (Lipinski definition) is 3. The van der Waals surface area contributed by atoms with Gasteiger partial charge >= 0.3 is 0 Å². The summed E-state index contributed by atoms with van der Waals surface area (Å²) >= 11 is 5.97. The van der Waals surface area contributed by atoms with E-state index in [1.54, 1.807) is 48.5 Å². The second kappa shape index (κ2) is 10.2. The summed E-state index contributed by atoms with van der Waals surface area (Å²) in [6.45, 7) is 7.73. The first kappa shape index (κ1) is 23.7. The highest BCUT2D eigenvalue weighted by Gasteiger charge is 2.33. The minimum Gasteiger partial charge on any atom is -0.494 e. The van der Waals surface area contributed by atoms with E-state index >= 15 is 0 Å². The van der Waals surface area contributed by atoms with Crippen molar-refractivity contribution in [3.8, 4) is 17.1 Å². The van der Waals surface area contributed by atoms with E-state index in [0.29, 0.717) is 50.8 Å². The smallest absolute Gasteiger partial charge is 0.280 e. The van der Waals surface area contributed by atoms with Crippen LogP contribution in [0.5, 0.6) is 5.88 Å². The van der Waals surface area contributed by atoms with Crippen molar-refractivity contribution in [1.29, 1.82) is 0 Å². The van der Waals surface area contributed by atoms with Crippen LogP contribution in [0.4, 0.5) is 0 Å². The molecule has 1 aliphatic rings. The van der Waals surface area contributed by atoms with Crippen molar-refractivity contribution in [2.24, 2.45) is 4.99 Å². The van der Waals surface area contributed by atoms with Gasteiger partial charge in [-0.1, -0.05) is 49.7 Å². The first-order valence-corrected chi connectivity index (χ1v) is 11.8. The monoisotopic (exact) mass is 478 g/mol. The van der Waals surface area contributed by atoms with Gasteiger partial charge in [0.2, 0.25) is 0 Å². The van der Waals surface area contributed by atoms with Gasteiger partial charge in [0.15, 0.2) is 5.88 Å². The average Bonchev–Trinajstić information content (AvgIpc) is 3.38. The van der Waals surface area contributed by atoms with E-state index in [1.807, 2.05) is 0 Å². The highest BCUT2D eigenvalue weighted by Crippen LogP contribution is 2.38. The van der Waals surface area contributed by atoms with Gasteiger partial charge < -0.3 is 20.3 Å². The van der Waals surface area contributed by atoms with Crippen LogP contribution in [0.2, 0.25) is 5.02 Å². The lowest BCUT2D eigenvalue weighted by atomic mass is 9.99. The molecule has 0 aliphatic carbocycles. The lowest BCUT2D eigenvalue weighted by molar-refractivity contribution is 0.0951. The van der Waals surface area contributed by atoms with Crippen LogP contribution in [-0.4, -0.2) is 58.7 Å². The van der Waals surface area contributed by atoms with E-state index in [1.165, 1.54) is 0 Å². The van der Waals surface area contributed by atoms with E-state index in [4.69, 9.17) is 11.6 Å². The number of carbonyl (C=O) groups excluding carboxylic acids is 2. The Morgan fingerprint density at radius 3 is 2.53 bits per heavy atom. The van der Waals surface area contributed by atoms with E-state index in [9.17, 15) is 14.7 Å². The molecule has 2 aromatic carbocycles. The third-order valence-electron chi connectivity index (χ3n) is 6.01. The van der Waals surface area contributed by atoms with Crippen molar-refractivity contribution in [2.75, 3.05) is 26.2 Å². The van der Waals surface area contributed by atoms with Crippen LogP contribution in [-0.2, 0) is 0 Å². The second-order valence-electron chi connectivity index (χ2n) is 8.09. The maximum absolute atomic E-state index is 12.8. The molecule has 0 spiro atoms. The Morgan fingerprint density at radius 1 is 1.09 bits per heavy atom. The number of carbonyl (C=O) groups is 2. The molecule has 2 amide bonds. The number of H-pyrrole nitrogens is 1. The van der Waals surface area contributed by atoms with Gasteiger partial charge in [0.25, 0.3) is 11.8 Å². The Kier molecular flexibility index (Phi) is 7.14. The number of aromatic nitrogens is 1. The van der Waals surface area contributed by atoms with Crippen molar-refractivity contribution in [1.82, 2.24) is 15.2 Å². The minimum absolute atomic E-state index is 0.143. The zero-order valence-electron chi connectivity index (χ0n) is 19.2. The normalized spacial score (nSPS) is 12.7. The van der Waals surface area contributed by atoms with Crippen LogP contribution in [0.1, 0.15) is 52.1 Å². The third-order valence-corrected chi connectivity index (χ3v) is 6.26. The highest BCUT2D eigenvalue weighted by atomic mass is 35.5. The van der Waals surface area contributed by atoms with Gasteiger partial charge in [-0.2, -0.15) is 0 Å². The van der Waals surface area contributed by atoms with E-state index in [0.717, 1.165) is 26.1 Å². The number of hydrogen-bond acceptors (Lipinski definition) is 4. The Bertz CT molecular complexity index is 1240. The molecule has 1 aliphatic heterocycles. The van der Waals surface area contributed by atoms with Crippen molar-refractivity contribution >= 4 is 29.1 Å². The summed E-state index contributed by atoms with van der Waals surface area (Å²) in [4.78, 5) is 34.9. The summed E-state index contributed by atoms with van der Waals surface area (Å²) < 4.78 is 0. The van der Waals surface area contributed by atoms with Gasteiger partial charge in [0.05, 0.1) is 22.5 Å². The quantitative estimate of drug-likeness (QED) is 0.394. The van der Waals surface area contributed by atoms with E-state index < -0.39 is 5.91 Å². The van der Waals surface area contributed by atoms with Crippen molar-refractivity contribution in [2.45, 2.75) is 20.3 Å². The molecule has 0 fully saturated rings.